The minimum absolute atomic E-state index is 0.103. The molecule has 178 valence electrons. The third-order valence-corrected chi connectivity index (χ3v) is 6.27. The SMILES string of the molecule is OCCc1coc2cc(O)ccc12.OCCc1coc2cc(Oc3nc4ncccc4s3)ccc12. The van der Waals surface area contributed by atoms with E-state index in [-0.39, 0.29) is 19.0 Å². The maximum Gasteiger partial charge on any atom is 0.281 e. The van der Waals surface area contributed by atoms with Crippen LogP contribution in [0.2, 0.25) is 0 Å². The molecule has 4 aromatic heterocycles. The summed E-state index contributed by atoms with van der Waals surface area (Å²) in [5.41, 5.74) is 4.04. The highest BCUT2D eigenvalue weighted by atomic mass is 32.1. The Balaban J connectivity index is 0.000000166. The molecule has 0 amide bonds. The number of furan rings is 2. The number of thiazole rings is 1. The molecule has 0 atom stereocenters. The van der Waals surface area contributed by atoms with Crippen molar-refractivity contribution in [2.75, 3.05) is 13.2 Å². The quantitative estimate of drug-likeness (QED) is 0.282. The zero-order chi connectivity index (χ0) is 24.2. The molecule has 6 aromatic rings. The predicted octanol–water partition coefficient (Wildman–Crippen LogP) is 5.44. The smallest absolute Gasteiger partial charge is 0.281 e. The zero-order valence-electron chi connectivity index (χ0n) is 18.5. The van der Waals surface area contributed by atoms with Crippen LogP contribution in [-0.2, 0) is 12.8 Å². The van der Waals surface area contributed by atoms with Gasteiger partial charge in [-0.2, -0.15) is 4.98 Å². The van der Waals surface area contributed by atoms with Crippen molar-refractivity contribution in [1.82, 2.24) is 9.97 Å². The highest BCUT2D eigenvalue weighted by Gasteiger charge is 2.10. The lowest BCUT2D eigenvalue weighted by atomic mass is 10.1. The van der Waals surface area contributed by atoms with E-state index in [4.69, 9.17) is 28.9 Å². The summed E-state index contributed by atoms with van der Waals surface area (Å²) in [4.78, 5) is 8.54. The lowest BCUT2D eigenvalue weighted by Crippen LogP contribution is -1.88. The number of nitrogens with zero attached hydrogens (tertiary/aromatic N) is 2. The first-order chi connectivity index (χ1) is 17.1. The summed E-state index contributed by atoms with van der Waals surface area (Å²) in [5.74, 6) is 0.855. The van der Waals surface area contributed by atoms with E-state index in [1.807, 2.05) is 30.3 Å². The van der Waals surface area contributed by atoms with Crippen LogP contribution in [0.4, 0.5) is 0 Å². The molecule has 6 rings (SSSR count). The van der Waals surface area contributed by atoms with Crippen molar-refractivity contribution in [3.05, 3.63) is 78.4 Å². The molecule has 0 aliphatic carbocycles. The fraction of sp³-hybridized carbons (Fsp3) is 0.154. The molecule has 8 nitrogen and oxygen atoms in total. The number of phenolic OH excluding ortho intramolecular Hbond substituents is 1. The Bertz CT molecular complexity index is 1550. The van der Waals surface area contributed by atoms with Crippen molar-refractivity contribution in [3.8, 4) is 16.7 Å². The van der Waals surface area contributed by atoms with Crippen LogP contribution in [0.5, 0.6) is 16.7 Å². The Morgan fingerprint density at radius 2 is 1.54 bits per heavy atom. The minimum atomic E-state index is 0.103. The van der Waals surface area contributed by atoms with Crippen LogP contribution in [-0.4, -0.2) is 38.5 Å². The van der Waals surface area contributed by atoms with Crippen molar-refractivity contribution < 1.29 is 28.9 Å². The van der Waals surface area contributed by atoms with Gasteiger partial charge in [-0.25, -0.2) is 4.98 Å². The Morgan fingerprint density at radius 3 is 2.23 bits per heavy atom. The van der Waals surface area contributed by atoms with Gasteiger partial charge in [0.15, 0.2) is 5.65 Å². The topological polar surface area (TPSA) is 122 Å². The molecular formula is C26H22N2O6S. The van der Waals surface area contributed by atoms with Crippen molar-refractivity contribution >= 4 is 43.6 Å². The number of hydrogen-bond acceptors (Lipinski definition) is 9. The van der Waals surface area contributed by atoms with E-state index in [1.54, 1.807) is 36.9 Å². The van der Waals surface area contributed by atoms with Gasteiger partial charge >= 0.3 is 0 Å². The third kappa shape index (κ3) is 4.97. The molecule has 0 saturated carbocycles. The molecule has 0 spiro atoms. The summed E-state index contributed by atoms with van der Waals surface area (Å²) in [6.45, 7) is 0.209. The number of benzene rings is 2. The van der Waals surface area contributed by atoms with Gasteiger partial charge in [0.1, 0.15) is 22.7 Å². The zero-order valence-corrected chi connectivity index (χ0v) is 19.4. The van der Waals surface area contributed by atoms with Crippen LogP contribution in [0.3, 0.4) is 0 Å². The number of aromatic nitrogens is 2. The molecular weight excluding hydrogens is 468 g/mol. The summed E-state index contributed by atoms with van der Waals surface area (Å²) in [6.07, 6.45) is 6.16. The lowest BCUT2D eigenvalue weighted by Gasteiger charge is -2.01. The van der Waals surface area contributed by atoms with Crippen molar-refractivity contribution in [1.29, 1.82) is 0 Å². The Hall–Kier alpha value is -3.92. The van der Waals surface area contributed by atoms with Gasteiger partial charge in [-0.15, -0.1) is 0 Å². The molecule has 0 radical (unpaired) electrons. The average Bonchev–Trinajstić information content (AvgIpc) is 3.57. The number of ether oxygens (including phenoxy) is 1. The van der Waals surface area contributed by atoms with Gasteiger partial charge in [0, 0.05) is 53.4 Å². The van der Waals surface area contributed by atoms with Crippen LogP contribution in [0.15, 0.2) is 76.1 Å². The van der Waals surface area contributed by atoms with E-state index < -0.39 is 0 Å². The Kier molecular flexibility index (Phi) is 6.62. The van der Waals surface area contributed by atoms with Crippen molar-refractivity contribution in [2.24, 2.45) is 0 Å². The number of aromatic hydroxyl groups is 1. The van der Waals surface area contributed by atoms with Crippen LogP contribution in [0, 0.1) is 0 Å². The molecule has 2 aromatic carbocycles. The second-order valence-electron chi connectivity index (χ2n) is 7.71. The van der Waals surface area contributed by atoms with E-state index >= 15 is 0 Å². The monoisotopic (exact) mass is 490 g/mol. The standard InChI is InChI=1S/C16H12N2O3S.C10H10O3/c19-7-5-10-9-20-13-8-11(3-4-12(10)13)21-16-18-15-14(22-16)2-1-6-17-15;11-4-3-7-6-13-10-5-8(12)1-2-9(7)10/h1-4,6,8-9,19H,5,7H2;1-2,5-6,11-12H,3-4H2. The summed E-state index contributed by atoms with van der Waals surface area (Å²) in [5, 5.41) is 29.5. The van der Waals surface area contributed by atoms with E-state index in [0.29, 0.717) is 35.0 Å². The predicted molar refractivity (Wildman–Crippen MR) is 133 cm³/mol. The number of phenols is 1. The van der Waals surface area contributed by atoms with E-state index in [2.05, 4.69) is 9.97 Å². The maximum absolute atomic E-state index is 9.16. The molecule has 3 N–H and O–H groups in total. The van der Waals surface area contributed by atoms with Gasteiger partial charge in [0.05, 0.1) is 17.2 Å². The molecule has 0 aliphatic heterocycles. The van der Waals surface area contributed by atoms with Crippen LogP contribution in [0.1, 0.15) is 11.1 Å². The highest BCUT2D eigenvalue weighted by Crippen LogP contribution is 2.32. The number of rotatable bonds is 6. The first kappa shape index (κ1) is 22.9. The number of pyridine rings is 1. The van der Waals surface area contributed by atoms with Crippen LogP contribution < -0.4 is 4.74 Å². The van der Waals surface area contributed by atoms with Crippen molar-refractivity contribution in [2.45, 2.75) is 12.8 Å². The van der Waals surface area contributed by atoms with Gasteiger partial charge in [-0.3, -0.25) is 0 Å². The molecule has 0 bridgehead atoms. The first-order valence-corrected chi connectivity index (χ1v) is 11.8. The van der Waals surface area contributed by atoms with E-state index in [1.165, 1.54) is 11.3 Å². The lowest BCUT2D eigenvalue weighted by molar-refractivity contribution is 0.299. The molecule has 0 fully saturated rings. The average molecular weight is 491 g/mol. The summed E-state index contributed by atoms with van der Waals surface area (Å²) in [7, 11) is 0. The number of hydrogen-bond donors (Lipinski definition) is 3. The third-order valence-electron chi connectivity index (χ3n) is 5.38. The molecule has 35 heavy (non-hydrogen) atoms. The maximum atomic E-state index is 9.16. The van der Waals surface area contributed by atoms with E-state index in [9.17, 15) is 0 Å². The van der Waals surface area contributed by atoms with E-state index in [0.717, 1.165) is 32.2 Å². The second-order valence-corrected chi connectivity index (χ2v) is 8.71. The minimum Gasteiger partial charge on any atom is -0.508 e. The van der Waals surface area contributed by atoms with Gasteiger partial charge < -0.3 is 28.9 Å². The number of aliphatic hydroxyl groups excluding tert-OH is 2. The van der Waals surface area contributed by atoms with Crippen LogP contribution >= 0.6 is 11.3 Å². The molecule has 9 heteroatoms. The summed E-state index contributed by atoms with van der Waals surface area (Å²) in [6, 6.07) is 14.4. The first-order valence-electron chi connectivity index (χ1n) is 10.9. The number of fused-ring (bicyclic) bond motifs is 3. The van der Waals surface area contributed by atoms with Gasteiger partial charge in [-0.05, 0) is 49.2 Å². The Labute approximate surface area is 203 Å². The fourth-order valence-corrected chi connectivity index (χ4v) is 4.52. The molecule has 0 aliphatic rings. The highest BCUT2D eigenvalue weighted by molar-refractivity contribution is 7.20. The molecule has 0 unspecified atom stereocenters. The van der Waals surface area contributed by atoms with Crippen LogP contribution in [0.25, 0.3) is 32.3 Å². The van der Waals surface area contributed by atoms with Gasteiger partial charge in [0.2, 0.25) is 0 Å². The molecule has 4 heterocycles. The second kappa shape index (κ2) is 10.1. The van der Waals surface area contributed by atoms with Crippen molar-refractivity contribution in [3.63, 3.8) is 0 Å². The fourth-order valence-electron chi connectivity index (χ4n) is 3.72. The molecule has 0 saturated heterocycles. The summed E-state index contributed by atoms with van der Waals surface area (Å²) < 4.78 is 17.5. The normalized spacial score (nSPS) is 11.1. The van der Waals surface area contributed by atoms with Gasteiger partial charge in [0.25, 0.3) is 5.19 Å². The Morgan fingerprint density at radius 1 is 0.857 bits per heavy atom. The largest absolute Gasteiger partial charge is 0.508 e. The van der Waals surface area contributed by atoms with Gasteiger partial charge in [-0.1, -0.05) is 11.3 Å². The summed E-state index contributed by atoms with van der Waals surface area (Å²) >= 11 is 1.45. The number of aliphatic hydroxyl groups is 2.